The molecule has 4 heteroatoms. The monoisotopic (exact) mass is 201 g/mol. The molecule has 0 aromatic rings. The Morgan fingerprint density at radius 2 is 2.43 bits per heavy atom. The predicted octanol–water partition coefficient (Wildman–Crippen LogP) is 0.395. The van der Waals surface area contributed by atoms with E-state index in [2.05, 4.69) is 4.90 Å². The molecule has 0 aliphatic carbocycles. The minimum Gasteiger partial charge on any atom is -0.459 e. The number of aliphatic hydroxyl groups excluding tert-OH is 1. The van der Waals surface area contributed by atoms with Crippen molar-refractivity contribution in [3.8, 4) is 0 Å². The smallest absolute Gasteiger partial charge is 0.335 e. The molecular weight excluding hydrogens is 182 g/mol. The zero-order chi connectivity index (χ0) is 10.6. The molecule has 2 unspecified atom stereocenters. The lowest BCUT2D eigenvalue weighted by atomic mass is 10.1. The maximum atomic E-state index is 11.3. The van der Waals surface area contributed by atoms with Gasteiger partial charge >= 0.3 is 5.97 Å². The fraction of sp³-hybridized carbons (Fsp3) is 0.900. The summed E-state index contributed by atoms with van der Waals surface area (Å²) in [6, 6.07) is 0. The molecule has 82 valence electrons. The van der Waals surface area contributed by atoms with Gasteiger partial charge in [-0.25, -0.2) is 4.79 Å². The first-order chi connectivity index (χ1) is 6.63. The highest BCUT2D eigenvalue weighted by molar-refractivity contribution is 5.74. The molecule has 0 bridgehead atoms. The molecule has 1 heterocycles. The standard InChI is InChI=1S/C10H19NO3/c1-3-9(12)10(13)14-8-5-4-6-11(2)7-8/h8-9,12H,3-7H2,1-2H3. The van der Waals surface area contributed by atoms with Crippen LogP contribution in [0.1, 0.15) is 26.2 Å². The van der Waals surface area contributed by atoms with E-state index >= 15 is 0 Å². The lowest BCUT2D eigenvalue weighted by molar-refractivity contribution is -0.161. The summed E-state index contributed by atoms with van der Waals surface area (Å²) in [6.45, 7) is 3.60. The second-order valence-corrected chi connectivity index (χ2v) is 3.89. The van der Waals surface area contributed by atoms with E-state index in [0.717, 1.165) is 25.9 Å². The van der Waals surface area contributed by atoms with Crippen LogP contribution in [0.2, 0.25) is 0 Å². The molecule has 0 spiro atoms. The Hall–Kier alpha value is -0.610. The van der Waals surface area contributed by atoms with Crippen LogP contribution in [0.4, 0.5) is 0 Å². The number of esters is 1. The molecule has 1 fully saturated rings. The third kappa shape index (κ3) is 3.27. The van der Waals surface area contributed by atoms with Crippen LogP contribution in [0.3, 0.4) is 0 Å². The van der Waals surface area contributed by atoms with Crippen LogP contribution in [-0.2, 0) is 9.53 Å². The Morgan fingerprint density at radius 1 is 1.71 bits per heavy atom. The van der Waals surface area contributed by atoms with Gasteiger partial charge in [0.15, 0.2) is 6.10 Å². The Bertz CT molecular complexity index is 196. The van der Waals surface area contributed by atoms with E-state index in [-0.39, 0.29) is 6.10 Å². The van der Waals surface area contributed by atoms with Gasteiger partial charge in [0.05, 0.1) is 0 Å². The molecule has 1 saturated heterocycles. The van der Waals surface area contributed by atoms with E-state index in [9.17, 15) is 9.90 Å². The molecule has 2 atom stereocenters. The number of ether oxygens (including phenoxy) is 1. The Morgan fingerprint density at radius 3 is 3.00 bits per heavy atom. The van der Waals surface area contributed by atoms with Crippen molar-refractivity contribution in [2.24, 2.45) is 0 Å². The van der Waals surface area contributed by atoms with Gasteiger partial charge in [-0.2, -0.15) is 0 Å². The fourth-order valence-corrected chi connectivity index (χ4v) is 1.62. The molecule has 0 amide bonds. The highest BCUT2D eigenvalue weighted by Gasteiger charge is 2.23. The average molecular weight is 201 g/mol. The average Bonchev–Trinajstić information content (AvgIpc) is 2.16. The van der Waals surface area contributed by atoms with E-state index in [1.54, 1.807) is 6.92 Å². The van der Waals surface area contributed by atoms with Crippen molar-refractivity contribution in [1.82, 2.24) is 4.90 Å². The predicted molar refractivity (Wildman–Crippen MR) is 52.9 cm³/mol. The quantitative estimate of drug-likeness (QED) is 0.671. The summed E-state index contributed by atoms with van der Waals surface area (Å²) in [4.78, 5) is 13.4. The van der Waals surface area contributed by atoms with Gasteiger partial charge in [-0.3, -0.25) is 0 Å². The molecule has 1 aliphatic heterocycles. The number of carbonyl (C=O) groups excluding carboxylic acids is 1. The van der Waals surface area contributed by atoms with Crippen molar-refractivity contribution in [3.63, 3.8) is 0 Å². The number of nitrogens with zero attached hydrogens (tertiary/aromatic N) is 1. The van der Waals surface area contributed by atoms with Crippen molar-refractivity contribution in [3.05, 3.63) is 0 Å². The molecule has 0 aromatic carbocycles. The van der Waals surface area contributed by atoms with Crippen LogP contribution in [0.15, 0.2) is 0 Å². The topological polar surface area (TPSA) is 49.8 Å². The van der Waals surface area contributed by atoms with E-state index in [4.69, 9.17) is 4.74 Å². The number of carbonyl (C=O) groups is 1. The molecule has 1 N–H and O–H groups in total. The second kappa shape index (κ2) is 5.32. The van der Waals surface area contributed by atoms with Crippen molar-refractivity contribution < 1.29 is 14.6 Å². The van der Waals surface area contributed by atoms with E-state index in [1.807, 2.05) is 7.05 Å². The number of likely N-dealkylation sites (tertiary alicyclic amines) is 1. The summed E-state index contributed by atoms with van der Waals surface area (Å²) in [5.74, 6) is -0.479. The van der Waals surface area contributed by atoms with Crippen molar-refractivity contribution in [1.29, 1.82) is 0 Å². The van der Waals surface area contributed by atoms with Gasteiger partial charge in [0, 0.05) is 6.54 Å². The van der Waals surface area contributed by atoms with Crippen molar-refractivity contribution in [2.75, 3.05) is 20.1 Å². The highest BCUT2D eigenvalue weighted by atomic mass is 16.6. The number of hydrogen-bond donors (Lipinski definition) is 1. The van der Waals surface area contributed by atoms with Gasteiger partial charge in [0.2, 0.25) is 0 Å². The van der Waals surface area contributed by atoms with Crippen LogP contribution in [-0.4, -0.2) is 48.3 Å². The number of hydrogen-bond acceptors (Lipinski definition) is 4. The van der Waals surface area contributed by atoms with Crippen LogP contribution >= 0.6 is 0 Å². The highest BCUT2D eigenvalue weighted by Crippen LogP contribution is 2.12. The summed E-state index contributed by atoms with van der Waals surface area (Å²) in [7, 11) is 2.01. The number of piperidine rings is 1. The van der Waals surface area contributed by atoms with Gasteiger partial charge < -0.3 is 14.7 Å². The molecule has 1 rings (SSSR count). The summed E-state index contributed by atoms with van der Waals surface area (Å²) in [5, 5.41) is 9.23. The molecule has 4 nitrogen and oxygen atoms in total. The Kier molecular flexibility index (Phi) is 4.35. The zero-order valence-corrected chi connectivity index (χ0v) is 8.90. The Labute approximate surface area is 84.8 Å². The first-order valence-corrected chi connectivity index (χ1v) is 5.20. The maximum Gasteiger partial charge on any atom is 0.335 e. The first-order valence-electron chi connectivity index (χ1n) is 5.20. The molecule has 14 heavy (non-hydrogen) atoms. The van der Waals surface area contributed by atoms with Gasteiger partial charge in [0.1, 0.15) is 6.10 Å². The van der Waals surface area contributed by atoms with Crippen LogP contribution in [0.5, 0.6) is 0 Å². The van der Waals surface area contributed by atoms with Gasteiger partial charge in [-0.05, 0) is 32.9 Å². The van der Waals surface area contributed by atoms with E-state index in [1.165, 1.54) is 0 Å². The third-order valence-corrected chi connectivity index (χ3v) is 2.52. The fourth-order valence-electron chi connectivity index (χ4n) is 1.62. The molecule has 1 aliphatic rings. The molecule has 0 saturated carbocycles. The number of likely N-dealkylation sites (N-methyl/N-ethyl adjacent to an activating group) is 1. The van der Waals surface area contributed by atoms with Gasteiger partial charge in [0.25, 0.3) is 0 Å². The lowest BCUT2D eigenvalue weighted by Crippen LogP contribution is -2.39. The number of aliphatic hydroxyl groups is 1. The van der Waals surface area contributed by atoms with Crippen LogP contribution in [0, 0.1) is 0 Å². The normalized spacial score (nSPS) is 25.8. The SMILES string of the molecule is CCC(O)C(=O)OC1CCCN(C)C1. The van der Waals surface area contributed by atoms with Crippen molar-refractivity contribution in [2.45, 2.75) is 38.4 Å². The molecular formula is C10H19NO3. The van der Waals surface area contributed by atoms with Crippen LogP contribution in [0.25, 0.3) is 0 Å². The minimum atomic E-state index is -0.956. The first kappa shape index (κ1) is 11.5. The minimum absolute atomic E-state index is 0.0394. The Balaban J connectivity index is 2.32. The maximum absolute atomic E-state index is 11.3. The lowest BCUT2D eigenvalue weighted by Gasteiger charge is -2.29. The van der Waals surface area contributed by atoms with Crippen molar-refractivity contribution >= 4 is 5.97 Å². The summed E-state index contributed by atoms with van der Waals surface area (Å²) in [5.41, 5.74) is 0. The summed E-state index contributed by atoms with van der Waals surface area (Å²) in [6.07, 6.45) is 1.38. The third-order valence-electron chi connectivity index (χ3n) is 2.52. The zero-order valence-electron chi connectivity index (χ0n) is 8.90. The molecule has 0 aromatic heterocycles. The largest absolute Gasteiger partial charge is 0.459 e. The second-order valence-electron chi connectivity index (χ2n) is 3.89. The summed E-state index contributed by atoms with van der Waals surface area (Å²) >= 11 is 0. The van der Waals surface area contributed by atoms with E-state index < -0.39 is 12.1 Å². The number of rotatable bonds is 3. The molecule has 0 radical (unpaired) electrons. The van der Waals surface area contributed by atoms with E-state index in [0.29, 0.717) is 6.42 Å². The van der Waals surface area contributed by atoms with Gasteiger partial charge in [-0.1, -0.05) is 6.92 Å². The van der Waals surface area contributed by atoms with Crippen LogP contribution < -0.4 is 0 Å². The van der Waals surface area contributed by atoms with Gasteiger partial charge in [-0.15, -0.1) is 0 Å². The summed E-state index contributed by atoms with van der Waals surface area (Å²) < 4.78 is 5.18.